The van der Waals surface area contributed by atoms with Crippen LogP contribution in [0.2, 0.25) is 0 Å². The van der Waals surface area contributed by atoms with Crippen LogP contribution in [0.25, 0.3) is 0 Å². The fraction of sp³-hybridized carbons (Fsp3) is 0.278. The van der Waals surface area contributed by atoms with Gasteiger partial charge >= 0.3 is 12.4 Å². The highest BCUT2D eigenvalue weighted by atomic mass is 32.1. The third-order valence-corrected chi connectivity index (χ3v) is 5.30. The monoisotopic (exact) mass is 435 g/mol. The smallest absolute Gasteiger partial charge is 0.344 e. The van der Waals surface area contributed by atoms with Crippen LogP contribution in [0.15, 0.2) is 48.2 Å². The molecule has 1 aliphatic heterocycles. The summed E-state index contributed by atoms with van der Waals surface area (Å²) in [5.41, 5.74) is -0.646. The normalized spacial score (nSPS) is 17.2. The number of nitrogens with zero attached hydrogens (tertiary/aromatic N) is 2. The molecular formula is C18H15F6N3OS. The maximum Gasteiger partial charge on any atom is 0.432 e. The second-order valence-corrected chi connectivity index (χ2v) is 7.54. The van der Waals surface area contributed by atoms with Crippen molar-refractivity contribution in [2.75, 3.05) is 19.1 Å². The maximum absolute atomic E-state index is 13.4. The van der Waals surface area contributed by atoms with E-state index in [1.54, 1.807) is 0 Å². The van der Waals surface area contributed by atoms with Gasteiger partial charge in [0.25, 0.3) is 5.91 Å². The number of para-hydroxylation sites is 1. The first kappa shape index (κ1) is 21.0. The number of hydrazine groups is 1. The van der Waals surface area contributed by atoms with Gasteiger partial charge in [-0.05, 0) is 30.3 Å². The van der Waals surface area contributed by atoms with Crippen LogP contribution in [0, 0.1) is 0 Å². The van der Waals surface area contributed by atoms with Crippen LogP contribution in [0.4, 0.5) is 32.0 Å². The number of hydrogen-bond donors (Lipinski definition) is 1. The second kappa shape index (κ2) is 7.29. The van der Waals surface area contributed by atoms with Crippen LogP contribution in [0.3, 0.4) is 0 Å². The van der Waals surface area contributed by atoms with Gasteiger partial charge in [0, 0.05) is 19.0 Å². The summed E-state index contributed by atoms with van der Waals surface area (Å²) in [6.45, 7) is 0. The number of benzene rings is 1. The molecule has 3 rings (SSSR count). The number of thiophene rings is 1. The third kappa shape index (κ3) is 4.19. The zero-order valence-electron chi connectivity index (χ0n) is 15.1. The van der Waals surface area contributed by atoms with E-state index in [0.29, 0.717) is 4.88 Å². The standard InChI is InChI=1S/C18H15F6N3OS/c1-26(2)16(28)14-8-7-13(29-14)12-9-15(18(22,23)24)25-27(12)11-6-4-3-5-10(11)17(19,20)21/h3-9,12,25H,1-2H3. The zero-order valence-corrected chi connectivity index (χ0v) is 15.9. The van der Waals surface area contributed by atoms with E-state index in [1.807, 2.05) is 0 Å². The van der Waals surface area contributed by atoms with E-state index < -0.39 is 35.3 Å². The van der Waals surface area contributed by atoms with Gasteiger partial charge in [0.15, 0.2) is 0 Å². The average molecular weight is 435 g/mol. The highest BCUT2D eigenvalue weighted by molar-refractivity contribution is 7.14. The lowest BCUT2D eigenvalue weighted by Gasteiger charge is -2.29. The van der Waals surface area contributed by atoms with E-state index in [-0.39, 0.29) is 10.8 Å². The summed E-state index contributed by atoms with van der Waals surface area (Å²) in [6, 6.07) is 6.06. The van der Waals surface area contributed by atoms with Gasteiger partial charge in [0.2, 0.25) is 0 Å². The minimum absolute atomic E-state index is 0.267. The number of amides is 1. The molecule has 1 amide bonds. The molecule has 0 bridgehead atoms. The second-order valence-electron chi connectivity index (χ2n) is 6.42. The predicted octanol–water partition coefficient (Wildman–Crippen LogP) is 4.98. The molecule has 1 unspecified atom stereocenters. The Bertz CT molecular complexity index is 948. The molecule has 1 aromatic carbocycles. The summed E-state index contributed by atoms with van der Waals surface area (Å²) in [7, 11) is 3.04. The lowest BCUT2D eigenvalue weighted by molar-refractivity contribution is -0.137. The van der Waals surface area contributed by atoms with E-state index in [2.05, 4.69) is 5.43 Å². The predicted molar refractivity (Wildman–Crippen MR) is 96.3 cm³/mol. The number of carbonyl (C=O) groups is 1. The number of carbonyl (C=O) groups excluding carboxylic acids is 1. The van der Waals surface area contributed by atoms with E-state index in [0.717, 1.165) is 40.6 Å². The van der Waals surface area contributed by atoms with Crippen molar-refractivity contribution in [1.82, 2.24) is 10.3 Å². The highest BCUT2D eigenvalue weighted by Gasteiger charge is 2.44. The van der Waals surface area contributed by atoms with Gasteiger partial charge in [-0.1, -0.05) is 12.1 Å². The summed E-state index contributed by atoms with van der Waals surface area (Å²) >= 11 is 0.925. The summed E-state index contributed by atoms with van der Waals surface area (Å²) in [6.07, 6.45) is -8.73. The van der Waals surface area contributed by atoms with Crippen molar-refractivity contribution in [3.05, 3.63) is 63.5 Å². The molecule has 29 heavy (non-hydrogen) atoms. The topological polar surface area (TPSA) is 35.6 Å². The fourth-order valence-electron chi connectivity index (χ4n) is 2.82. The van der Waals surface area contributed by atoms with E-state index in [1.165, 1.54) is 37.2 Å². The molecule has 1 N–H and O–H groups in total. The zero-order chi connectivity index (χ0) is 21.6. The van der Waals surface area contributed by atoms with Crippen LogP contribution in [-0.2, 0) is 6.18 Å². The summed E-state index contributed by atoms with van der Waals surface area (Å²) in [4.78, 5) is 14.0. The molecule has 0 radical (unpaired) electrons. The van der Waals surface area contributed by atoms with Gasteiger partial charge in [-0.2, -0.15) is 26.3 Å². The Hall–Kier alpha value is -2.69. The summed E-state index contributed by atoms with van der Waals surface area (Å²) in [5.74, 6) is -0.352. The van der Waals surface area contributed by atoms with E-state index in [9.17, 15) is 31.1 Å². The number of nitrogens with one attached hydrogen (secondary N) is 1. The third-order valence-electron chi connectivity index (χ3n) is 4.15. The number of halogens is 6. The lowest BCUT2D eigenvalue weighted by atomic mass is 10.1. The Balaban J connectivity index is 2.08. The molecule has 11 heteroatoms. The molecule has 0 saturated heterocycles. The first-order valence-corrected chi connectivity index (χ1v) is 9.03. The van der Waals surface area contributed by atoms with Gasteiger partial charge in [-0.3, -0.25) is 15.2 Å². The molecular weight excluding hydrogens is 420 g/mol. The average Bonchev–Trinajstić information content (AvgIpc) is 3.26. The SMILES string of the molecule is CN(C)C(=O)c1ccc(C2C=C(C(F)(F)F)NN2c2ccccc2C(F)(F)F)s1. The Morgan fingerprint density at radius 1 is 1.03 bits per heavy atom. The quantitative estimate of drug-likeness (QED) is 0.691. The van der Waals surface area contributed by atoms with Crippen molar-refractivity contribution in [3.8, 4) is 0 Å². The summed E-state index contributed by atoms with van der Waals surface area (Å²) in [5, 5.41) is 0.821. The highest BCUT2D eigenvalue weighted by Crippen LogP contribution is 2.44. The molecule has 1 aromatic heterocycles. The van der Waals surface area contributed by atoms with Crippen molar-refractivity contribution in [2.24, 2.45) is 0 Å². The lowest BCUT2D eigenvalue weighted by Crippen LogP contribution is -2.38. The molecule has 156 valence electrons. The van der Waals surface area contributed by atoms with E-state index >= 15 is 0 Å². The molecule has 0 saturated carbocycles. The van der Waals surface area contributed by atoms with Crippen LogP contribution in [0.5, 0.6) is 0 Å². The molecule has 2 aromatic rings. The Morgan fingerprint density at radius 2 is 1.69 bits per heavy atom. The Kier molecular flexibility index (Phi) is 5.28. The fourth-order valence-corrected chi connectivity index (χ4v) is 3.91. The minimum atomic E-state index is -4.78. The van der Waals surface area contributed by atoms with Gasteiger partial charge < -0.3 is 4.90 Å². The van der Waals surface area contributed by atoms with Gasteiger partial charge in [0.05, 0.1) is 16.1 Å². The number of anilines is 1. The molecule has 0 fully saturated rings. The maximum atomic E-state index is 13.4. The van der Waals surface area contributed by atoms with Gasteiger partial charge in [-0.15, -0.1) is 11.3 Å². The van der Waals surface area contributed by atoms with Crippen LogP contribution >= 0.6 is 11.3 Å². The number of allylic oxidation sites excluding steroid dienone is 1. The number of rotatable bonds is 3. The van der Waals surface area contributed by atoms with Crippen molar-refractivity contribution >= 4 is 22.9 Å². The van der Waals surface area contributed by atoms with Crippen molar-refractivity contribution in [2.45, 2.75) is 18.4 Å². The van der Waals surface area contributed by atoms with Crippen molar-refractivity contribution in [3.63, 3.8) is 0 Å². The van der Waals surface area contributed by atoms with Crippen molar-refractivity contribution < 1.29 is 31.1 Å². The molecule has 0 aliphatic carbocycles. The van der Waals surface area contributed by atoms with Gasteiger partial charge in [0.1, 0.15) is 11.7 Å². The largest absolute Gasteiger partial charge is 0.432 e. The first-order chi connectivity index (χ1) is 13.4. The molecule has 1 atom stereocenters. The Morgan fingerprint density at radius 3 is 2.28 bits per heavy atom. The summed E-state index contributed by atoms with van der Waals surface area (Å²) < 4.78 is 80.1. The van der Waals surface area contributed by atoms with Crippen LogP contribution in [-0.4, -0.2) is 31.1 Å². The van der Waals surface area contributed by atoms with Crippen molar-refractivity contribution in [1.29, 1.82) is 0 Å². The molecule has 4 nitrogen and oxygen atoms in total. The number of hydrogen-bond acceptors (Lipinski definition) is 4. The van der Waals surface area contributed by atoms with Crippen LogP contribution in [0.1, 0.15) is 26.2 Å². The molecule has 2 heterocycles. The van der Waals surface area contributed by atoms with E-state index in [4.69, 9.17) is 0 Å². The first-order valence-electron chi connectivity index (χ1n) is 8.22. The number of alkyl halides is 6. The Labute approximate surface area is 166 Å². The minimum Gasteiger partial charge on any atom is -0.344 e. The van der Waals surface area contributed by atoms with Gasteiger partial charge in [-0.25, -0.2) is 0 Å². The molecule has 0 spiro atoms. The van der Waals surface area contributed by atoms with Crippen LogP contribution < -0.4 is 10.4 Å². The molecule has 1 aliphatic rings.